The molecule has 12 nitrogen and oxygen atoms in total. The number of rotatable bonds is 8. The summed E-state index contributed by atoms with van der Waals surface area (Å²) in [5.41, 5.74) is 6.67. The number of nitrogens with one attached hydrogen (secondary N) is 2. The van der Waals surface area contributed by atoms with Gasteiger partial charge in [0.2, 0.25) is 18.6 Å². The molecule has 0 spiro atoms. The second-order valence-electron chi connectivity index (χ2n) is 8.72. The van der Waals surface area contributed by atoms with Gasteiger partial charge in [0.25, 0.3) is 0 Å². The van der Waals surface area contributed by atoms with E-state index < -0.39 is 17.7 Å². The minimum atomic E-state index is -1.14. The van der Waals surface area contributed by atoms with Crippen molar-refractivity contribution in [3.8, 4) is 22.6 Å². The van der Waals surface area contributed by atoms with Gasteiger partial charge in [-0.1, -0.05) is 0 Å². The number of hydrogen-bond donors (Lipinski definition) is 4. The van der Waals surface area contributed by atoms with Crippen LogP contribution in [0.3, 0.4) is 0 Å². The molecular formula is C24H30FN7O5. The summed E-state index contributed by atoms with van der Waals surface area (Å²) in [5.74, 6) is -0.617. The van der Waals surface area contributed by atoms with Crippen molar-refractivity contribution in [3.05, 3.63) is 48.2 Å². The number of anilines is 1. The highest BCUT2D eigenvalue weighted by Crippen LogP contribution is 2.35. The summed E-state index contributed by atoms with van der Waals surface area (Å²) in [6.07, 6.45) is 1.47. The number of hydrogen-bond acceptors (Lipinski definition) is 9. The molecule has 0 unspecified atom stereocenters. The van der Waals surface area contributed by atoms with Gasteiger partial charge in [-0.05, 0) is 37.3 Å². The van der Waals surface area contributed by atoms with Gasteiger partial charge in [0.05, 0.1) is 30.3 Å². The molecule has 4 rings (SSSR count). The molecule has 5 N–H and O–H groups in total. The fourth-order valence-electron chi connectivity index (χ4n) is 3.16. The number of aliphatic carboxylic acids is 1. The number of carboxylic acid groups (broad SMARTS) is 1. The van der Waals surface area contributed by atoms with E-state index in [1.54, 1.807) is 45.4 Å². The Hall–Kier alpha value is -3.94. The van der Waals surface area contributed by atoms with Crippen LogP contribution in [0.1, 0.15) is 19.0 Å². The fraction of sp³-hybridized carbons (Fsp3) is 0.375. The van der Waals surface area contributed by atoms with E-state index in [4.69, 9.17) is 15.2 Å². The molecule has 3 aromatic rings. The predicted molar refractivity (Wildman–Crippen MR) is 133 cm³/mol. The first-order chi connectivity index (χ1) is 17.7. The van der Waals surface area contributed by atoms with Crippen LogP contribution in [-0.4, -0.2) is 82.7 Å². The third-order valence-electron chi connectivity index (χ3n) is 5.24. The largest absolute Gasteiger partial charge is 0.481 e. The van der Waals surface area contributed by atoms with Gasteiger partial charge in [0.15, 0.2) is 5.82 Å². The first-order valence-electron chi connectivity index (χ1n) is 11.4. The average molecular weight is 516 g/mol. The van der Waals surface area contributed by atoms with E-state index in [-0.39, 0.29) is 19.0 Å². The van der Waals surface area contributed by atoms with Gasteiger partial charge >= 0.3 is 5.97 Å². The van der Waals surface area contributed by atoms with Crippen molar-refractivity contribution >= 4 is 18.3 Å². The van der Waals surface area contributed by atoms with Gasteiger partial charge in [-0.2, -0.15) is 0 Å². The first kappa shape index (κ1) is 27.6. The molecule has 1 saturated heterocycles. The molecule has 1 fully saturated rings. The number of carbonyl (C=O) groups is 2. The summed E-state index contributed by atoms with van der Waals surface area (Å²) in [7, 11) is 3.38. The Morgan fingerprint density at radius 1 is 1.27 bits per heavy atom. The number of aromatic amines is 1. The maximum Gasteiger partial charge on any atom is 0.314 e. The Morgan fingerprint density at radius 3 is 2.49 bits per heavy atom. The topological polar surface area (TPSA) is 169 Å². The zero-order chi connectivity index (χ0) is 27.0. The quantitative estimate of drug-likeness (QED) is 0.325. The summed E-state index contributed by atoms with van der Waals surface area (Å²) >= 11 is 0. The van der Waals surface area contributed by atoms with E-state index in [9.17, 15) is 19.1 Å². The van der Waals surface area contributed by atoms with Crippen LogP contribution in [0.2, 0.25) is 0 Å². The van der Waals surface area contributed by atoms with Crippen molar-refractivity contribution in [1.29, 1.82) is 0 Å². The second kappa shape index (κ2) is 12.3. The van der Waals surface area contributed by atoms with Crippen molar-refractivity contribution in [1.82, 2.24) is 24.8 Å². The smallest absolute Gasteiger partial charge is 0.314 e. The Kier molecular flexibility index (Phi) is 9.22. The third-order valence-corrected chi connectivity index (χ3v) is 5.24. The van der Waals surface area contributed by atoms with Crippen LogP contribution in [-0.2, 0) is 19.1 Å². The van der Waals surface area contributed by atoms with Gasteiger partial charge in [0.1, 0.15) is 11.2 Å². The zero-order valence-corrected chi connectivity index (χ0v) is 20.8. The van der Waals surface area contributed by atoms with E-state index in [1.807, 2.05) is 0 Å². The zero-order valence-electron chi connectivity index (χ0n) is 20.8. The standard InChI is InChI=1S/C21H23FN6O4.C3H7NO/c1-21(19(29)30)10-31-18(32-11-21)17-27-15(12-2-4-13(22)5-3-12)16(28-17)14-6-8-24-20(26-14)25-9-7-23;1-4(2)3-5/h2-6,8,18H,7,9-11,23H2,1H3,(H,27,28)(H,29,30)(H,24,25,26);3H,1-2H3. The molecule has 0 aliphatic carbocycles. The van der Waals surface area contributed by atoms with E-state index >= 15 is 0 Å². The van der Waals surface area contributed by atoms with Crippen LogP contribution in [0.4, 0.5) is 10.3 Å². The molecule has 2 aromatic heterocycles. The summed E-state index contributed by atoms with van der Waals surface area (Å²) in [4.78, 5) is 38.8. The molecular weight excluding hydrogens is 485 g/mol. The summed E-state index contributed by atoms with van der Waals surface area (Å²) in [5, 5.41) is 12.4. The number of ether oxygens (including phenoxy) is 2. The maximum atomic E-state index is 13.5. The summed E-state index contributed by atoms with van der Waals surface area (Å²) in [6.45, 7) is 2.42. The number of carbonyl (C=O) groups excluding carboxylic acids is 1. The van der Waals surface area contributed by atoms with E-state index in [0.717, 1.165) is 6.41 Å². The van der Waals surface area contributed by atoms with Crippen molar-refractivity contribution in [2.24, 2.45) is 11.1 Å². The minimum Gasteiger partial charge on any atom is -0.481 e. The minimum absolute atomic E-state index is 0.0322. The lowest BCUT2D eigenvalue weighted by atomic mass is 9.92. The van der Waals surface area contributed by atoms with E-state index in [2.05, 4.69) is 25.3 Å². The van der Waals surface area contributed by atoms with Crippen LogP contribution in [0.5, 0.6) is 0 Å². The number of nitrogens with two attached hydrogens (primary N) is 1. The molecule has 198 valence electrons. The average Bonchev–Trinajstić information content (AvgIpc) is 3.34. The van der Waals surface area contributed by atoms with Crippen LogP contribution < -0.4 is 11.1 Å². The Morgan fingerprint density at radius 2 is 1.92 bits per heavy atom. The molecule has 13 heteroatoms. The number of carboxylic acids is 1. The number of H-pyrrole nitrogens is 1. The number of amides is 1. The van der Waals surface area contributed by atoms with Gasteiger partial charge in [-0.25, -0.2) is 19.3 Å². The lowest BCUT2D eigenvalue weighted by Crippen LogP contribution is -2.42. The number of benzene rings is 1. The number of aromatic nitrogens is 4. The molecule has 3 heterocycles. The molecule has 0 atom stereocenters. The normalized spacial score (nSPS) is 18.9. The van der Waals surface area contributed by atoms with E-state index in [1.165, 1.54) is 17.0 Å². The number of halogens is 1. The van der Waals surface area contributed by atoms with Crippen LogP contribution in [0, 0.1) is 11.2 Å². The maximum absolute atomic E-state index is 13.5. The van der Waals surface area contributed by atoms with Gasteiger partial charge in [-0.15, -0.1) is 0 Å². The fourth-order valence-corrected chi connectivity index (χ4v) is 3.16. The third kappa shape index (κ3) is 7.06. The molecule has 0 radical (unpaired) electrons. The molecule has 1 aromatic carbocycles. The monoisotopic (exact) mass is 515 g/mol. The second-order valence-corrected chi connectivity index (χ2v) is 8.72. The Bertz CT molecular complexity index is 1190. The molecule has 1 amide bonds. The van der Waals surface area contributed by atoms with E-state index in [0.29, 0.717) is 47.5 Å². The molecule has 37 heavy (non-hydrogen) atoms. The van der Waals surface area contributed by atoms with Crippen LogP contribution in [0.15, 0.2) is 36.5 Å². The Balaban J connectivity index is 0.000000695. The van der Waals surface area contributed by atoms with Crippen LogP contribution in [0.25, 0.3) is 22.6 Å². The number of nitrogens with zero attached hydrogens (tertiary/aromatic N) is 4. The first-order valence-corrected chi connectivity index (χ1v) is 11.4. The van der Waals surface area contributed by atoms with Crippen molar-refractivity contribution in [3.63, 3.8) is 0 Å². The lowest BCUT2D eigenvalue weighted by Gasteiger charge is -2.33. The molecule has 1 aliphatic heterocycles. The van der Waals surface area contributed by atoms with Crippen molar-refractivity contribution in [2.45, 2.75) is 13.2 Å². The van der Waals surface area contributed by atoms with Gasteiger partial charge in [0, 0.05) is 38.9 Å². The molecule has 1 aliphatic rings. The molecule has 0 bridgehead atoms. The van der Waals surface area contributed by atoms with Crippen molar-refractivity contribution in [2.75, 3.05) is 45.7 Å². The SMILES string of the molecule is CC1(C(=O)O)COC(c2nc(-c3ccc(F)cc3)c(-c3ccnc(NCCN)n3)[nH]2)OC1.CN(C)C=O. The van der Waals surface area contributed by atoms with Gasteiger partial charge in [-0.3, -0.25) is 9.59 Å². The summed E-state index contributed by atoms with van der Waals surface area (Å²) < 4.78 is 24.8. The molecule has 0 saturated carbocycles. The predicted octanol–water partition coefficient (Wildman–Crippen LogP) is 1.88. The Labute approximate surface area is 213 Å². The van der Waals surface area contributed by atoms with Crippen molar-refractivity contribution < 1.29 is 28.6 Å². The number of imidazole rings is 1. The summed E-state index contributed by atoms with van der Waals surface area (Å²) in [6, 6.07) is 7.61. The highest BCUT2D eigenvalue weighted by molar-refractivity contribution is 5.77. The lowest BCUT2D eigenvalue weighted by molar-refractivity contribution is -0.236. The van der Waals surface area contributed by atoms with Gasteiger partial charge < -0.3 is 35.5 Å². The highest BCUT2D eigenvalue weighted by Gasteiger charge is 2.41. The highest BCUT2D eigenvalue weighted by atomic mass is 19.1. The van der Waals surface area contributed by atoms with Crippen LogP contribution >= 0.6 is 0 Å².